The number of nitrogens with zero attached hydrogens (tertiary/aromatic N) is 4. The van der Waals surface area contributed by atoms with Gasteiger partial charge in [0.05, 0.1) is 6.04 Å². The molecule has 0 aromatic carbocycles. The predicted molar refractivity (Wildman–Crippen MR) is 109 cm³/mol. The Hall–Kier alpha value is -2.48. The van der Waals surface area contributed by atoms with Gasteiger partial charge in [-0.1, -0.05) is 13.8 Å². The number of carbonyl (C=O) groups is 1. The maximum Gasteiger partial charge on any atom is 0.239 e. The average Bonchev–Trinajstić information content (AvgIpc) is 3.05. The van der Waals surface area contributed by atoms with Gasteiger partial charge in [-0.2, -0.15) is 5.10 Å². The molecule has 4 N–H and O–H groups in total. The summed E-state index contributed by atoms with van der Waals surface area (Å²) in [7, 11) is 0. The van der Waals surface area contributed by atoms with Crippen LogP contribution >= 0.6 is 0 Å². The maximum atomic E-state index is 12.5. The second-order valence-electron chi connectivity index (χ2n) is 8.12. The van der Waals surface area contributed by atoms with Crippen LogP contribution in [0.1, 0.15) is 56.2 Å². The molecule has 0 radical (unpaired) electrons. The number of H-pyrrole nitrogens is 1. The van der Waals surface area contributed by atoms with Gasteiger partial charge in [0.25, 0.3) is 0 Å². The number of piperidine rings is 1. The van der Waals surface area contributed by atoms with Crippen molar-refractivity contribution in [2.75, 3.05) is 18.4 Å². The standard InChI is InChI=1S/C20H31N7O/c1-12(2)9-16(21)20(28)27-7-5-15(6-8-27)17-11-18(23-14(4)22-17)24-19-10-13(3)25-26-19/h10-12,15-16H,5-9,21H2,1-4H3,(H2,22,23,24,25,26)/t16-/m0/s1. The number of likely N-dealkylation sites (tertiary alicyclic amines) is 1. The molecule has 0 bridgehead atoms. The summed E-state index contributed by atoms with van der Waals surface area (Å²) >= 11 is 0. The molecule has 2 aromatic rings. The molecule has 1 aliphatic heterocycles. The van der Waals surface area contributed by atoms with Crippen LogP contribution < -0.4 is 11.1 Å². The number of aryl methyl sites for hydroxylation is 2. The number of anilines is 2. The molecule has 1 fully saturated rings. The summed E-state index contributed by atoms with van der Waals surface area (Å²) in [5, 5.41) is 10.3. The molecule has 28 heavy (non-hydrogen) atoms. The number of rotatable bonds is 6. The molecular weight excluding hydrogens is 354 g/mol. The highest BCUT2D eigenvalue weighted by Crippen LogP contribution is 2.29. The maximum absolute atomic E-state index is 12.5. The third-order valence-corrected chi connectivity index (χ3v) is 5.09. The van der Waals surface area contributed by atoms with Crippen LogP contribution in [0.25, 0.3) is 0 Å². The van der Waals surface area contributed by atoms with E-state index in [2.05, 4.69) is 39.3 Å². The lowest BCUT2D eigenvalue weighted by atomic mass is 9.92. The van der Waals surface area contributed by atoms with Crippen LogP contribution in [0.5, 0.6) is 0 Å². The minimum atomic E-state index is -0.397. The first kappa shape index (κ1) is 20.3. The molecule has 1 aliphatic rings. The monoisotopic (exact) mass is 385 g/mol. The summed E-state index contributed by atoms with van der Waals surface area (Å²) in [6.45, 7) is 9.48. The zero-order chi connectivity index (χ0) is 20.3. The van der Waals surface area contributed by atoms with E-state index in [1.165, 1.54) is 0 Å². The van der Waals surface area contributed by atoms with Crippen molar-refractivity contribution >= 4 is 17.5 Å². The van der Waals surface area contributed by atoms with Crippen molar-refractivity contribution in [3.05, 3.63) is 29.3 Å². The van der Waals surface area contributed by atoms with Crippen LogP contribution in [0.3, 0.4) is 0 Å². The van der Waals surface area contributed by atoms with Crippen LogP contribution in [0.2, 0.25) is 0 Å². The van der Waals surface area contributed by atoms with Crippen molar-refractivity contribution < 1.29 is 4.79 Å². The number of carbonyl (C=O) groups excluding carboxylic acids is 1. The molecule has 3 rings (SSSR count). The molecule has 2 aromatic heterocycles. The third kappa shape index (κ3) is 5.07. The Morgan fingerprint density at radius 2 is 1.96 bits per heavy atom. The lowest BCUT2D eigenvalue weighted by Gasteiger charge is -2.33. The van der Waals surface area contributed by atoms with Crippen molar-refractivity contribution in [3.63, 3.8) is 0 Å². The molecule has 0 spiro atoms. The van der Waals surface area contributed by atoms with Crippen molar-refractivity contribution in [1.82, 2.24) is 25.1 Å². The van der Waals surface area contributed by atoms with Gasteiger partial charge in [0.15, 0.2) is 5.82 Å². The van der Waals surface area contributed by atoms with Gasteiger partial charge < -0.3 is 16.0 Å². The molecule has 0 saturated carbocycles. The molecule has 1 saturated heterocycles. The zero-order valence-electron chi connectivity index (χ0n) is 17.2. The number of hydrogen-bond acceptors (Lipinski definition) is 6. The largest absolute Gasteiger partial charge is 0.341 e. The van der Waals surface area contributed by atoms with E-state index in [-0.39, 0.29) is 5.91 Å². The van der Waals surface area contributed by atoms with Crippen LogP contribution in [-0.2, 0) is 4.79 Å². The molecule has 1 amide bonds. The van der Waals surface area contributed by atoms with Crippen molar-refractivity contribution in [3.8, 4) is 0 Å². The van der Waals surface area contributed by atoms with E-state index in [1.54, 1.807) is 0 Å². The van der Waals surface area contributed by atoms with Gasteiger partial charge in [-0.05, 0) is 39.0 Å². The molecule has 1 atom stereocenters. The van der Waals surface area contributed by atoms with E-state index in [0.717, 1.165) is 61.2 Å². The van der Waals surface area contributed by atoms with Crippen LogP contribution in [0.15, 0.2) is 12.1 Å². The molecule has 3 heterocycles. The Morgan fingerprint density at radius 3 is 2.57 bits per heavy atom. The van der Waals surface area contributed by atoms with Gasteiger partial charge in [0, 0.05) is 42.5 Å². The highest BCUT2D eigenvalue weighted by atomic mass is 16.2. The zero-order valence-corrected chi connectivity index (χ0v) is 17.2. The van der Waals surface area contributed by atoms with Crippen molar-refractivity contribution in [2.24, 2.45) is 11.7 Å². The highest BCUT2D eigenvalue weighted by molar-refractivity contribution is 5.81. The summed E-state index contributed by atoms with van der Waals surface area (Å²) in [5.74, 6) is 3.01. The lowest BCUT2D eigenvalue weighted by Crippen LogP contribution is -2.47. The van der Waals surface area contributed by atoms with E-state index in [4.69, 9.17) is 5.73 Å². The fourth-order valence-electron chi connectivity index (χ4n) is 3.72. The Labute approximate surface area is 166 Å². The number of aromatic nitrogens is 4. The minimum absolute atomic E-state index is 0.0716. The van der Waals surface area contributed by atoms with Gasteiger partial charge in [0.1, 0.15) is 11.6 Å². The number of amides is 1. The first-order valence-corrected chi connectivity index (χ1v) is 10.0. The van der Waals surface area contributed by atoms with E-state index in [0.29, 0.717) is 11.8 Å². The number of hydrogen-bond donors (Lipinski definition) is 3. The summed E-state index contributed by atoms with van der Waals surface area (Å²) in [5.41, 5.74) is 8.08. The van der Waals surface area contributed by atoms with Gasteiger partial charge in [-0.15, -0.1) is 0 Å². The molecular formula is C20H31N7O. The molecule has 0 unspecified atom stereocenters. The smallest absolute Gasteiger partial charge is 0.239 e. The van der Waals surface area contributed by atoms with Gasteiger partial charge >= 0.3 is 0 Å². The van der Waals surface area contributed by atoms with Crippen LogP contribution in [-0.4, -0.2) is 50.1 Å². The Morgan fingerprint density at radius 1 is 1.25 bits per heavy atom. The first-order chi connectivity index (χ1) is 13.3. The topological polar surface area (TPSA) is 113 Å². The number of nitrogens with one attached hydrogen (secondary N) is 2. The van der Waals surface area contributed by atoms with E-state index < -0.39 is 6.04 Å². The second kappa shape index (κ2) is 8.68. The molecule has 8 nitrogen and oxygen atoms in total. The summed E-state index contributed by atoms with van der Waals surface area (Å²) in [6, 6.07) is 3.52. The van der Waals surface area contributed by atoms with E-state index >= 15 is 0 Å². The van der Waals surface area contributed by atoms with E-state index in [1.807, 2.05) is 30.9 Å². The van der Waals surface area contributed by atoms with Crippen molar-refractivity contribution in [1.29, 1.82) is 0 Å². The quantitative estimate of drug-likeness (QED) is 0.704. The predicted octanol–water partition coefficient (Wildman–Crippen LogP) is 2.64. The van der Waals surface area contributed by atoms with Gasteiger partial charge in [-0.3, -0.25) is 9.89 Å². The molecule has 0 aliphatic carbocycles. The third-order valence-electron chi connectivity index (χ3n) is 5.09. The Bertz CT molecular complexity index is 809. The van der Waals surface area contributed by atoms with Crippen molar-refractivity contribution in [2.45, 2.75) is 58.9 Å². The lowest BCUT2D eigenvalue weighted by molar-refractivity contribution is -0.134. The normalized spacial score (nSPS) is 16.4. The number of aromatic amines is 1. The van der Waals surface area contributed by atoms with Gasteiger partial charge in [0.2, 0.25) is 5.91 Å². The number of nitrogens with two attached hydrogens (primary N) is 1. The molecule has 8 heteroatoms. The van der Waals surface area contributed by atoms with Crippen LogP contribution in [0, 0.1) is 19.8 Å². The fourth-order valence-corrected chi connectivity index (χ4v) is 3.72. The minimum Gasteiger partial charge on any atom is -0.341 e. The van der Waals surface area contributed by atoms with Gasteiger partial charge in [-0.25, -0.2) is 9.97 Å². The van der Waals surface area contributed by atoms with Crippen LogP contribution in [0.4, 0.5) is 11.6 Å². The second-order valence-corrected chi connectivity index (χ2v) is 8.12. The average molecular weight is 386 g/mol. The SMILES string of the molecule is Cc1nc(Nc2cc(C)[nH]n2)cc(C2CCN(C(=O)[C@@H](N)CC(C)C)CC2)n1. The Kier molecular flexibility index (Phi) is 6.28. The summed E-state index contributed by atoms with van der Waals surface area (Å²) in [4.78, 5) is 23.6. The highest BCUT2D eigenvalue weighted by Gasteiger charge is 2.28. The summed E-state index contributed by atoms with van der Waals surface area (Å²) < 4.78 is 0. The summed E-state index contributed by atoms with van der Waals surface area (Å²) in [6.07, 6.45) is 2.50. The molecule has 152 valence electrons. The first-order valence-electron chi connectivity index (χ1n) is 10.0. The fraction of sp³-hybridized carbons (Fsp3) is 0.600. The Balaban J connectivity index is 1.63. The van der Waals surface area contributed by atoms with E-state index in [9.17, 15) is 4.79 Å².